The average Bonchev–Trinajstić information content (AvgIpc) is 2.77. The first kappa shape index (κ1) is 18.4. The first-order valence-electron chi connectivity index (χ1n) is 9.22. The molecule has 4 rings (SSSR count). The number of methoxy groups -OCH3 is 1. The van der Waals surface area contributed by atoms with Crippen molar-refractivity contribution in [3.8, 4) is 5.75 Å². The molecule has 2 aromatic carbocycles. The maximum Gasteiger partial charge on any atom is 0.198 e. The molecular weight excluding hydrogens is 362 g/mol. The van der Waals surface area contributed by atoms with Gasteiger partial charge in [-0.25, -0.2) is 0 Å². The van der Waals surface area contributed by atoms with E-state index in [1.54, 1.807) is 19.2 Å². The Morgan fingerprint density at radius 3 is 2.96 bits per heavy atom. The molecule has 1 spiro atoms. The molecule has 2 atom stereocenters. The van der Waals surface area contributed by atoms with Gasteiger partial charge in [0, 0.05) is 13.1 Å². The Bertz CT molecular complexity index is 875. The predicted octanol–water partition coefficient (Wildman–Crippen LogP) is 2.65. The minimum absolute atomic E-state index is 0.309. The van der Waals surface area contributed by atoms with Gasteiger partial charge < -0.3 is 14.6 Å². The van der Waals surface area contributed by atoms with Crippen molar-refractivity contribution >= 4 is 16.1 Å². The molecule has 2 unspecified atom stereocenters. The smallest absolute Gasteiger partial charge is 0.198 e. The number of nitrogens with one attached hydrogen (secondary N) is 2. The maximum atomic E-state index is 12.6. The van der Waals surface area contributed by atoms with Crippen molar-refractivity contribution in [1.82, 2.24) is 9.62 Å². The second-order valence-electron chi connectivity index (χ2n) is 7.39. The van der Waals surface area contributed by atoms with E-state index in [2.05, 4.69) is 27.1 Å². The Morgan fingerprint density at radius 1 is 1.26 bits per heavy atom. The Balaban J connectivity index is 1.56. The van der Waals surface area contributed by atoms with Gasteiger partial charge in [-0.1, -0.05) is 28.5 Å². The minimum Gasteiger partial charge on any atom is -0.593 e. The molecule has 144 valence electrons. The number of hydrogen-bond acceptors (Lipinski definition) is 5. The fourth-order valence-electron chi connectivity index (χ4n) is 4.08. The highest BCUT2D eigenvalue weighted by molar-refractivity contribution is 7.96. The second kappa shape index (κ2) is 7.24. The van der Waals surface area contributed by atoms with Crippen LogP contribution in [-0.2, 0) is 21.2 Å². The summed E-state index contributed by atoms with van der Waals surface area (Å²) in [5, 5.41) is 3.56. The zero-order valence-corrected chi connectivity index (χ0v) is 16.3. The first-order chi connectivity index (χ1) is 13.0. The molecule has 27 heavy (non-hydrogen) atoms. The lowest BCUT2D eigenvalue weighted by Crippen LogP contribution is -2.57. The highest BCUT2D eigenvalue weighted by atomic mass is 32.3. The fourth-order valence-corrected chi connectivity index (χ4v) is 5.37. The lowest BCUT2D eigenvalue weighted by Gasteiger charge is -2.42. The van der Waals surface area contributed by atoms with E-state index in [9.17, 15) is 8.76 Å². The second-order valence-corrected chi connectivity index (χ2v) is 9.13. The number of nitrogens with zero attached hydrogens (tertiary/aromatic N) is 1. The molecule has 7 heteroatoms. The lowest BCUT2D eigenvalue weighted by atomic mass is 9.88. The predicted molar refractivity (Wildman–Crippen MR) is 105 cm³/mol. The molecule has 1 fully saturated rings. The third-order valence-corrected chi connectivity index (χ3v) is 6.83. The van der Waals surface area contributed by atoms with Crippen LogP contribution in [0.25, 0.3) is 0 Å². The number of para-hydroxylation sites is 1. The van der Waals surface area contributed by atoms with Gasteiger partial charge in [-0.15, -0.1) is 4.72 Å². The van der Waals surface area contributed by atoms with Crippen molar-refractivity contribution < 1.29 is 13.5 Å². The average molecular weight is 388 g/mol. The summed E-state index contributed by atoms with van der Waals surface area (Å²) < 4.78 is 33.3. The molecule has 0 aliphatic carbocycles. The number of likely N-dealkylation sites (tertiary alicyclic amines) is 1. The summed E-state index contributed by atoms with van der Waals surface area (Å²) >= 11 is 0. The maximum absolute atomic E-state index is 12.6. The molecule has 0 amide bonds. The van der Waals surface area contributed by atoms with Gasteiger partial charge in [0.1, 0.15) is 5.75 Å². The first-order valence-corrected chi connectivity index (χ1v) is 10.7. The zero-order chi connectivity index (χ0) is 18.9. The van der Waals surface area contributed by atoms with Crippen LogP contribution < -0.4 is 14.8 Å². The highest BCUT2D eigenvalue weighted by Gasteiger charge is 2.42. The molecule has 2 aliphatic heterocycles. The van der Waals surface area contributed by atoms with E-state index in [0.717, 1.165) is 38.2 Å². The molecule has 0 radical (unpaired) electrons. The summed E-state index contributed by atoms with van der Waals surface area (Å²) in [6.45, 7) is 2.98. The van der Waals surface area contributed by atoms with E-state index in [4.69, 9.17) is 4.74 Å². The van der Waals surface area contributed by atoms with Crippen LogP contribution in [0.2, 0.25) is 0 Å². The van der Waals surface area contributed by atoms with Crippen LogP contribution in [0.4, 0.5) is 5.69 Å². The molecule has 0 aromatic heterocycles. The summed E-state index contributed by atoms with van der Waals surface area (Å²) in [5.74, 6) is 0.855. The molecule has 2 heterocycles. The van der Waals surface area contributed by atoms with Gasteiger partial charge in [0.2, 0.25) is 0 Å². The summed E-state index contributed by atoms with van der Waals surface area (Å²) in [5.41, 5.74) is 1.57. The van der Waals surface area contributed by atoms with Crippen LogP contribution in [0.3, 0.4) is 0 Å². The number of benzene rings is 2. The lowest BCUT2D eigenvalue weighted by molar-refractivity contribution is 0.156. The van der Waals surface area contributed by atoms with E-state index < -0.39 is 10.4 Å². The van der Waals surface area contributed by atoms with E-state index in [-0.39, 0.29) is 5.54 Å². The number of fused-ring (bicyclic) bond motifs is 1. The summed E-state index contributed by atoms with van der Waals surface area (Å²) in [4.78, 5) is 2.71. The Morgan fingerprint density at radius 2 is 2.11 bits per heavy atom. The van der Waals surface area contributed by atoms with Crippen molar-refractivity contribution in [2.24, 2.45) is 0 Å². The SMILES string of the molecule is COc1cccc(CN2CCCC3(CN[S+](=O)([O-])c4ccccc4N3)C2)c1. The molecule has 2 N–H and O–H groups in total. The highest BCUT2D eigenvalue weighted by Crippen LogP contribution is 2.34. The summed E-state index contributed by atoms with van der Waals surface area (Å²) in [6.07, 6.45) is 1.94. The molecular formula is C20H25N3O3S. The zero-order valence-electron chi connectivity index (χ0n) is 15.4. The number of piperidine rings is 1. The van der Waals surface area contributed by atoms with Crippen molar-refractivity contribution in [3.63, 3.8) is 0 Å². The van der Waals surface area contributed by atoms with Gasteiger partial charge in [0.25, 0.3) is 0 Å². The number of rotatable bonds is 3. The quantitative estimate of drug-likeness (QED) is 0.792. The number of anilines is 1. The van der Waals surface area contributed by atoms with E-state index in [1.165, 1.54) is 5.56 Å². The van der Waals surface area contributed by atoms with E-state index >= 15 is 0 Å². The number of ether oxygens (including phenoxy) is 1. The van der Waals surface area contributed by atoms with Crippen LogP contribution in [0.15, 0.2) is 53.4 Å². The largest absolute Gasteiger partial charge is 0.593 e. The molecule has 0 bridgehead atoms. The fraction of sp³-hybridized carbons (Fsp3) is 0.400. The minimum atomic E-state index is -3.49. The van der Waals surface area contributed by atoms with Crippen molar-refractivity contribution in [3.05, 3.63) is 54.1 Å². The van der Waals surface area contributed by atoms with Crippen molar-refractivity contribution in [2.45, 2.75) is 29.8 Å². The van der Waals surface area contributed by atoms with Gasteiger partial charge in [-0.05, 0) is 49.2 Å². The van der Waals surface area contributed by atoms with E-state index in [0.29, 0.717) is 17.1 Å². The summed E-state index contributed by atoms with van der Waals surface area (Å²) in [6, 6.07) is 15.2. The van der Waals surface area contributed by atoms with E-state index in [1.807, 2.05) is 24.3 Å². The van der Waals surface area contributed by atoms with Gasteiger partial charge >= 0.3 is 0 Å². The topological polar surface area (TPSA) is 76.7 Å². The van der Waals surface area contributed by atoms with Crippen LogP contribution in [0.5, 0.6) is 5.75 Å². The molecule has 1 saturated heterocycles. The van der Waals surface area contributed by atoms with Gasteiger partial charge in [0.05, 0.1) is 24.9 Å². The molecule has 2 aromatic rings. The molecule has 6 nitrogen and oxygen atoms in total. The number of hydrogen-bond donors (Lipinski definition) is 2. The Labute approximate surface area is 161 Å². The monoisotopic (exact) mass is 387 g/mol. The van der Waals surface area contributed by atoms with Crippen molar-refractivity contribution in [2.75, 3.05) is 32.1 Å². The van der Waals surface area contributed by atoms with Crippen LogP contribution >= 0.6 is 0 Å². The van der Waals surface area contributed by atoms with Crippen molar-refractivity contribution in [1.29, 1.82) is 0 Å². The van der Waals surface area contributed by atoms with Gasteiger partial charge in [0.15, 0.2) is 15.3 Å². The summed E-state index contributed by atoms with van der Waals surface area (Å²) in [7, 11) is -1.81. The Hall–Kier alpha value is -1.93. The van der Waals surface area contributed by atoms with Gasteiger partial charge in [-0.2, -0.15) is 0 Å². The van der Waals surface area contributed by atoms with Gasteiger partial charge in [-0.3, -0.25) is 4.90 Å². The standard InChI is InChI=1S/C20H25N3O3S/c1-26-17-7-4-6-16(12-17)13-23-11-5-10-20(15-23)14-21-27(24,25)19-9-3-2-8-18(19)22-20/h2-4,6-9,12,22H,5,10-11,13-15H2,1H3,(H-,21,24,25). The normalized spacial score (nSPS) is 28.2. The third-order valence-electron chi connectivity index (χ3n) is 5.37. The van der Waals surface area contributed by atoms with Crippen LogP contribution in [-0.4, -0.2) is 41.7 Å². The Kier molecular flexibility index (Phi) is 4.94. The molecule has 0 saturated carbocycles. The molecule has 2 aliphatic rings. The third kappa shape index (κ3) is 3.87. The van der Waals surface area contributed by atoms with Crippen LogP contribution in [0, 0.1) is 0 Å². The van der Waals surface area contributed by atoms with Crippen LogP contribution in [0.1, 0.15) is 18.4 Å². The number of sulfonamides is 1.